The van der Waals surface area contributed by atoms with Crippen molar-refractivity contribution in [1.29, 1.82) is 0 Å². The summed E-state index contributed by atoms with van der Waals surface area (Å²) in [4.78, 5) is 0. The van der Waals surface area contributed by atoms with Gasteiger partial charge in [0.25, 0.3) is 0 Å². The van der Waals surface area contributed by atoms with Gasteiger partial charge in [0, 0.05) is 12.6 Å². The molecule has 1 aliphatic carbocycles. The summed E-state index contributed by atoms with van der Waals surface area (Å²) in [5.41, 5.74) is 0.587. The molecule has 0 radical (unpaired) electrons. The summed E-state index contributed by atoms with van der Waals surface area (Å²) in [5, 5.41) is 3.72. The summed E-state index contributed by atoms with van der Waals surface area (Å²) in [6.07, 6.45) is 8.49. The van der Waals surface area contributed by atoms with Crippen LogP contribution in [0.15, 0.2) is 0 Å². The quantitative estimate of drug-likeness (QED) is 0.725. The third-order valence-electron chi connectivity index (χ3n) is 3.76. The van der Waals surface area contributed by atoms with Gasteiger partial charge in [0.2, 0.25) is 0 Å². The van der Waals surface area contributed by atoms with E-state index in [4.69, 9.17) is 0 Å². The molecule has 0 amide bonds. The Kier molecular flexibility index (Phi) is 5.11. The number of rotatable bonds is 5. The zero-order chi connectivity index (χ0) is 11.3. The second kappa shape index (κ2) is 5.89. The van der Waals surface area contributed by atoms with E-state index in [1.807, 2.05) is 0 Å². The van der Waals surface area contributed by atoms with Crippen molar-refractivity contribution in [3.63, 3.8) is 0 Å². The summed E-state index contributed by atoms with van der Waals surface area (Å²) < 4.78 is 0. The predicted molar refractivity (Wildman–Crippen MR) is 68.1 cm³/mol. The minimum Gasteiger partial charge on any atom is -0.314 e. The first-order valence-corrected chi connectivity index (χ1v) is 6.75. The van der Waals surface area contributed by atoms with Crippen molar-refractivity contribution < 1.29 is 0 Å². The Hall–Kier alpha value is -0.0400. The SMILES string of the molecule is CC(C)CC(C)NCC1(C)CCCCC1. The van der Waals surface area contributed by atoms with Crippen molar-refractivity contribution >= 4 is 0 Å². The molecule has 1 N–H and O–H groups in total. The van der Waals surface area contributed by atoms with E-state index in [1.165, 1.54) is 45.1 Å². The molecule has 1 nitrogen and oxygen atoms in total. The lowest BCUT2D eigenvalue weighted by Gasteiger charge is -2.35. The summed E-state index contributed by atoms with van der Waals surface area (Å²) >= 11 is 0. The molecule has 0 spiro atoms. The minimum absolute atomic E-state index is 0.587. The summed E-state index contributed by atoms with van der Waals surface area (Å²) in [5.74, 6) is 0.812. The first-order valence-electron chi connectivity index (χ1n) is 6.75. The predicted octanol–water partition coefficient (Wildman–Crippen LogP) is 3.98. The van der Waals surface area contributed by atoms with Gasteiger partial charge < -0.3 is 5.32 Å². The fraction of sp³-hybridized carbons (Fsp3) is 1.00. The third kappa shape index (κ3) is 5.01. The lowest BCUT2D eigenvalue weighted by atomic mass is 9.75. The Morgan fingerprint density at radius 2 is 1.67 bits per heavy atom. The Balaban J connectivity index is 2.22. The smallest absolute Gasteiger partial charge is 0.00413 e. The fourth-order valence-corrected chi connectivity index (χ4v) is 2.79. The molecule has 1 saturated carbocycles. The summed E-state index contributed by atoms with van der Waals surface area (Å²) in [6.45, 7) is 10.6. The van der Waals surface area contributed by atoms with E-state index >= 15 is 0 Å². The minimum atomic E-state index is 0.587. The van der Waals surface area contributed by atoms with Crippen molar-refractivity contribution in [2.24, 2.45) is 11.3 Å². The average Bonchev–Trinajstić information content (AvgIpc) is 2.15. The van der Waals surface area contributed by atoms with Crippen LogP contribution in [0.2, 0.25) is 0 Å². The summed E-state index contributed by atoms with van der Waals surface area (Å²) in [7, 11) is 0. The van der Waals surface area contributed by atoms with Crippen LogP contribution in [0.4, 0.5) is 0 Å². The van der Waals surface area contributed by atoms with Crippen LogP contribution in [0, 0.1) is 11.3 Å². The number of nitrogens with one attached hydrogen (secondary N) is 1. The Labute approximate surface area is 96.0 Å². The molecule has 0 aromatic heterocycles. The lowest BCUT2D eigenvalue weighted by molar-refractivity contribution is 0.198. The maximum absolute atomic E-state index is 3.72. The van der Waals surface area contributed by atoms with Crippen LogP contribution in [0.5, 0.6) is 0 Å². The van der Waals surface area contributed by atoms with Crippen molar-refractivity contribution in [3.05, 3.63) is 0 Å². The van der Waals surface area contributed by atoms with E-state index in [9.17, 15) is 0 Å². The molecule has 1 unspecified atom stereocenters. The van der Waals surface area contributed by atoms with Gasteiger partial charge in [-0.3, -0.25) is 0 Å². The molecular formula is C14H29N. The molecule has 1 heteroatoms. The van der Waals surface area contributed by atoms with Gasteiger partial charge in [0.15, 0.2) is 0 Å². The third-order valence-corrected chi connectivity index (χ3v) is 3.76. The molecule has 0 aliphatic heterocycles. The highest BCUT2D eigenvalue weighted by Crippen LogP contribution is 2.35. The highest BCUT2D eigenvalue weighted by Gasteiger charge is 2.26. The Morgan fingerprint density at radius 3 is 2.20 bits per heavy atom. The maximum atomic E-state index is 3.72. The van der Waals surface area contributed by atoms with Crippen LogP contribution in [-0.4, -0.2) is 12.6 Å². The second-order valence-electron chi connectivity index (χ2n) is 6.28. The lowest BCUT2D eigenvalue weighted by Crippen LogP contribution is -2.38. The van der Waals surface area contributed by atoms with Crippen LogP contribution in [0.25, 0.3) is 0 Å². The maximum Gasteiger partial charge on any atom is 0.00413 e. The average molecular weight is 211 g/mol. The molecule has 1 aliphatic rings. The normalized spacial score (nSPS) is 23.0. The van der Waals surface area contributed by atoms with Crippen molar-refractivity contribution in [2.45, 2.75) is 72.3 Å². The van der Waals surface area contributed by atoms with Crippen molar-refractivity contribution in [1.82, 2.24) is 5.32 Å². The van der Waals surface area contributed by atoms with E-state index in [1.54, 1.807) is 0 Å². The van der Waals surface area contributed by atoms with E-state index in [-0.39, 0.29) is 0 Å². The van der Waals surface area contributed by atoms with Crippen LogP contribution >= 0.6 is 0 Å². The van der Waals surface area contributed by atoms with Gasteiger partial charge in [-0.25, -0.2) is 0 Å². The molecule has 1 fully saturated rings. The van der Waals surface area contributed by atoms with Crippen LogP contribution in [0.3, 0.4) is 0 Å². The Morgan fingerprint density at radius 1 is 1.07 bits per heavy atom. The van der Waals surface area contributed by atoms with E-state index in [0.29, 0.717) is 11.5 Å². The van der Waals surface area contributed by atoms with E-state index in [0.717, 1.165) is 5.92 Å². The van der Waals surface area contributed by atoms with Gasteiger partial charge in [0.05, 0.1) is 0 Å². The van der Waals surface area contributed by atoms with Gasteiger partial charge in [-0.1, -0.05) is 40.0 Å². The zero-order valence-electron chi connectivity index (χ0n) is 11.1. The topological polar surface area (TPSA) is 12.0 Å². The standard InChI is InChI=1S/C14H29N/c1-12(2)10-13(3)15-11-14(4)8-6-5-7-9-14/h12-13,15H,5-11H2,1-4H3. The monoisotopic (exact) mass is 211 g/mol. The largest absolute Gasteiger partial charge is 0.314 e. The van der Waals surface area contributed by atoms with Crippen molar-refractivity contribution in [2.75, 3.05) is 6.54 Å². The van der Waals surface area contributed by atoms with Gasteiger partial charge in [-0.05, 0) is 37.5 Å². The van der Waals surface area contributed by atoms with Gasteiger partial charge >= 0.3 is 0 Å². The summed E-state index contributed by atoms with van der Waals surface area (Å²) in [6, 6.07) is 0.684. The highest BCUT2D eigenvalue weighted by molar-refractivity contribution is 4.81. The van der Waals surface area contributed by atoms with Crippen molar-refractivity contribution in [3.8, 4) is 0 Å². The molecule has 1 atom stereocenters. The first-order chi connectivity index (χ1) is 7.02. The highest BCUT2D eigenvalue weighted by atomic mass is 14.9. The molecule has 15 heavy (non-hydrogen) atoms. The molecule has 0 aromatic rings. The van der Waals surface area contributed by atoms with Gasteiger partial charge in [-0.2, -0.15) is 0 Å². The fourth-order valence-electron chi connectivity index (χ4n) is 2.79. The first kappa shape index (κ1) is 13.0. The molecule has 90 valence electrons. The number of hydrogen-bond donors (Lipinski definition) is 1. The van der Waals surface area contributed by atoms with E-state index < -0.39 is 0 Å². The second-order valence-corrected chi connectivity index (χ2v) is 6.28. The van der Waals surface area contributed by atoms with E-state index in [2.05, 4.69) is 33.0 Å². The van der Waals surface area contributed by atoms with Crippen LogP contribution in [0.1, 0.15) is 66.2 Å². The molecular weight excluding hydrogens is 182 g/mol. The van der Waals surface area contributed by atoms with Crippen LogP contribution < -0.4 is 5.32 Å². The zero-order valence-corrected chi connectivity index (χ0v) is 11.1. The molecule has 1 rings (SSSR count). The molecule has 0 heterocycles. The van der Waals surface area contributed by atoms with Gasteiger partial charge in [-0.15, -0.1) is 0 Å². The molecule has 0 saturated heterocycles. The number of hydrogen-bond acceptors (Lipinski definition) is 1. The molecule has 0 bridgehead atoms. The molecule has 0 aromatic carbocycles. The van der Waals surface area contributed by atoms with Crippen LogP contribution in [-0.2, 0) is 0 Å². The Bertz CT molecular complexity index is 168. The van der Waals surface area contributed by atoms with Gasteiger partial charge in [0.1, 0.15) is 0 Å².